The Bertz CT molecular complexity index is 1190. The number of aromatic nitrogens is 4. The maximum absolute atomic E-state index is 5.97. The largest absolute Gasteiger partial charge is 0.457 e. The SMILES string of the molecule is C1=C(Cc2nnn[nH]2)c2ccccc2/C1=C/c1cccc(Oc2ccccc2)c1. The van der Waals surface area contributed by atoms with Crippen LogP contribution in [-0.4, -0.2) is 20.6 Å². The first-order valence-corrected chi connectivity index (χ1v) is 9.43. The number of hydrogen-bond acceptors (Lipinski definition) is 4. The minimum absolute atomic E-state index is 0.665. The van der Waals surface area contributed by atoms with E-state index >= 15 is 0 Å². The minimum atomic E-state index is 0.665. The van der Waals surface area contributed by atoms with Crippen molar-refractivity contribution in [3.8, 4) is 11.5 Å². The lowest BCUT2D eigenvalue weighted by Gasteiger charge is -2.07. The van der Waals surface area contributed by atoms with Gasteiger partial charge in [0.15, 0.2) is 5.82 Å². The summed E-state index contributed by atoms with van der Waals surface area (Å²) in [5.41, 5.74) is 5.88. The van der Waals surface area contributed by atoms with Gasteiger partial charge in [-0.05, 0) is 68.6 Å². The molecule has 0 saturated heterocycles. The van der Waals surface area contributed by atoms with Crippen molar-refractivity contribution in [3.63, 3.8) is 0 Å². The van der Waals surface area contributed by atoms with Crippen molar-refractivity contribution in [3.05, 3.63) is 107 Å². The summed E-state index contributed by atoms with van der Waals surface area (Å²) in [4.78, 5) is 0. The van der Waals surface area contributed by atoms with Gasteiger partial charge in [-0.1, -0.05) is 60.7 Å². The normalized spacial score (nSPS) is 13.9. The number of aromatic amines is 1. The van der Waals surface area contributed by atoms with E-state index in [-0.39, 0.29) is 0 Å². The van der Waals surface area contributed by atoms with Crippen molar-refractivity contribution in [2.75, 3.05) is 0 Å². The molecule has 0 bridgehead atoms. The lowest BCUT2D eigenvalue weighted by atomic mass is 10.0. The van der Waals surface area contributed by atoms with E-state index in [1.807, 2.05) is 42.5 Å². The van der Waals surface area contributed by atoms with Crippen LogP contribution in [0.2, 0.25) is 0 Å². The highest BCUT2D eigenvalue weighted by Gasteiger charge is 2.19. The highest BCUT2D eigenvalue weighted by Crippen LogP contribution is 2.37. The molecule has 0 fully saturated rings. The number of tetrazole rings is 1. The van der Waals surface area contributed by atoms with Gasteiger partial charge in [-0.2, -0.15) is 0 Å². The fraction of sp³-hybridized carbons (Fsp3) is 0.0417. The van der Waals surface area contributed by atoms with E-state index in [0.717, 1.165) is 22.9 Å². The lowest BCUT2D eigenvalue weighted by Crippen LogP contribution is -1.92. The zero-order chi connectivity index (χ0) is 19.5. The number of allylic oxidation sites excluding steroid dienone is 3. The molecule has 29 heavy (non-hydrogen) atoms. The zero-order valence-corrected chi connectivity index (χ0v) is 15.6. The van der Waals surface area contributed by atoms with Gasteiger partial charge in [-0.25, -0.2) is 5.10 Å². The Morgan fingerprint density at radius 1 is 0.828 bits per heavy atom. The van der Waals surface area contributed by atoms with Crippen LogP contribution in [0.3, 0.4) is 0 Å². The van der Waals surface area contributed by atoms with E-state index in [2.05, 4.69) is 69.2 Å². The molecular weight excluding hydrogens is 360 g/mol. The van der Waals surface area contributed by atoms with Gasteiger partial charge < -0.3 is 4.74 Å². The summed E-state index contributed by atoms with van der Waals surface area (Å²) in [6.07, 6.45) is 5.05. The van der Waals surface area contributed by atoms with Gasteiger partial charge >= 0.3 is 0 Å². The van der Waals surface area contributed by atoms with Gasteiger partial charge in [0.1, 0.15) is 11.5 Å². The first kappa shape index (κ1) is 17.1. The summed E-state index contributed by atoms with van der Waals surface area (Å²) >= 11 is 0. The van der Waals surface area contributed by atoms with Gasteiger partial charge in [0, 0.05) is 6.42 Å². The fourth-order valence-corrected chi connectivity index (χ4v) is 3.53. The standard InChI is InChI=1S/C24H18N4O/c1-2-8-20(9-3-1)29-21-10-6-7-17(14-21)13-18-15-19(16-24-25-27-28-26-24)23-12-5-4-11-22(18)23/h1-15H,16H2,(H,25,26,27,28)/b18-13+. The quantitative estimate of drug-likeness (QED) is 0.520. The van der Waals surface area contributed by atoms with E-state index in [1.54, 1.807) is 0 Å². The van der Waals surface area contributed by atoms with Crippen LogP contribution in [0.4, 0.5) is 0 Å². The van der Waals surface area contributed by atoms with Gasteiger partial charge in [0.2, 0.25) is 0 Å². The maximum atomic E-state index is 5.97. The van der Waals surface area contributed by atoms with Crippen molar-refractivity contribution in [1.29, 1.82) is 0 Å². The Morgan fingerprint density at radius 2 is 1.62 bits per heavy atom. The van der Waals surface area contributed by atoms with Crippen molar-refractivity contribution in [1.82, 2.24) is 20.6 Å². The second-order valence-electron chi connectivity index (χ2n) is 6.83. The number of nitrogens with one attached hydrogen (secondary N) is 1. The first-order chi connectivity index (χ1) is 14.3. The second-order valence-corrected chi connectivity index (χ2v) is 6.83. The molecule has 0 amide bonds. The Hall–Kier alpha value is -3.99. The summed E-state index contributed by atoms with van der Waals surface area (Å²) in [6, 6.07) is 26.3. The third-order valence-electron chi connectivity index (χ3n) is 4.82. The topological polar surface area (TPSA) is 63.7 Å². The van der Waals surface area contributed by atoms with E-state index in [9.17, 15) is 0 Å². The molecule has 0 aliphatic heterocycles. The van der Waals surface area contributed by atoms with E-state index in [1.165, 1.54) is 22.3 Å². The number of para-hydroxylation sites is 1. The highest BCUT2D eigenvalue weighted by molar-refractivity contribution is 6.01. The molecule has 1 aromatic heterocycles. The Labute approximate surface area is 168 Å². The monoisotopic (exact) mass is 378 g/mol. The summed E-state index contributed by atoms with van der Waals surface area (Å²) < 4.78 is 5.97. The lowest BCUT2D eigenvalue weighted by molar-refractivity contribution is 0.482. The number of H-pyrrole nitrogens is 1. The van der Waals surface area contributed by atoms with Gasteiger partial charge in [-0.15, -0.1) is 5.10 Å². The maximum Gasteiger partial charge on any atom is 0.152 e. The van der Waals surface area contributed by atoms with E-state index in [4.69, 9.17) is 4.74 Å². The molecule has 0 spiro atoms. The van der Waals surface area contributed by atoms with Gasteiger partial charge in [0.25, 0.3) is 0 Å². The van der Waals surface area contributed by atoms with E-state index in [0.29, 0.717) is 6.42 Å². The summed E-state index contributed by atoms with van der Waals surface area (Å²) in [6.45, 7) is 0. The number of hydrogen-bond donors (Lipinski definition) is 1. The third kappa shape index (κ3) is 3.71. The molecule has 0 unspecified atom stereocenters. The fourth-order valence-electron chi connectivity index (χ4n) is 3.53. The van der Waals surface area contributed by atoms with Crippen LogP contribution < -0.4 is 4.74 Å². The van der Waals surface area contributed by atoms with Crippen molar-refractivity contribution >= 4 is 17.2 Å². The molecule has 5 nitrogen and oxygen atoms in total. The molecular formula is C24H18N4O. The molecule has 5 heteroatoms. The molecule has 1 aliphatic carbocycles. The minimum Gasteiger partial charge on any atom is -0.457 e. The molecule has 0 atom stereocenters. The van der Waals surface area contributed by atoms with Crippen molar-refractivity contribution in [2.24, 2.45) is 0 Å². The highest BCUT2D eigenvalue weighted by atomic mass is 16.5. The van der Waals surface area contributed by atoms with Crippen molar-refractivity contribution < 1.29 is 4.74 Å². The Morgan fingerprint density at radius 3 is 2.45 bits per heavy atom. The van der Waals surface area contributed by atoms with Crippen LogP contribution in [0, 0.1) is 0 Å². The predicted octanol–water partition coefficient (Wildman–Crippen LogP) is 5.17. The number of ether oxygens (including phenoxy) is 1. The van der Waals surface area contributed by atoms with E-state index < -0.39 is 0 Å². The smallest absolute Gasteiger partial charge is 0.152 e. The number of fused-ring (bicyclic) bond motifs is 1. The van der Waals surface area contributed by atoms with Crippen LogP contribution in [0.15, 0.2) is 84.9 Å². The van der Waals surface area contributed by atoms with Crippen LogP contribution in [0.1, 0.15) is 22.5 Å². The summed E-state index contributed by atoms with van der Waals surface area (Å²) in [7, 11) is 0. The second kappa shape index (κ2) is 7.56. The Balaban J connectivity index is 1.47. The molecule has 3 aromatic carbocycles. The molecule has 0 saturated carbocycles. The molecule has 0 radical (unpaired) electrons. The molecule has 140 valence electrons. The molecule has 1 aliphatic rings. The average molecular weight is 378 g/mol. The predicted molar refractivity (Wildman–Crippen MR) is 113 cm³/mol. The van der Waals surface area contributed by atoms with Crippen LogP contribution in [0.5, 0.6) is 11.5 Å². The van der Waals surface area contributed by atoms with Crippen LogP contribution in [0.25, 0.3) is 17.2 Å². The van der Waals surface area contributed by atoms with Crippen molar-refractivity contribution in [2.45, 2.75) is 6.42 Å². The summed E-state index contributed by atoms with van der Waals surface area (Å²) in [5, 5.41) is 14.2. The molecule has 1 N–H and O–H groups in total. The molecule has 4 aromatic rings. The zero-order valence-electron chi connectivity index (χ0n) is 15.6. The molecule has 1 heterocycles. The Kier molecular flexibility index (Phi) is 4.47. The number of benzene rings is 3. The number of nitrogens with zero attached hydrogens (tertiary/aromatic N) is 3. The van der Waals surface area contributed by atoms with Crippen LogP contribution >= 0.6 is 0 Å². The summed E-state index contributed by atoms with van der Waals surface area (Å²) in [5.74, 6) is 2.39. The number of rotatable bonds is 5. The van der Waals surface area contributed by atoms with Gasteiger partial charge in [-0.3, -0.25) is 0 Å². The van der Waals surface area contributed by atoms with Gasteiger partial charge in [0.05, 0.1) is 0 Å². The average Bonchev–Trinajstić information content (AvgIpc) is 3.38. The third-order valence-corrected chi connectivity index (χ3v) is 4.82. The first-order valence-electron chi connectivity index (χ1n) is 9.43. The molecule has 5 rings (SSSR count). The van der Waals surface area contributed by atoms with Crippen LogP contribution in [-0.2, 0) is 6.42 Å².